The quantitative estimate of drug-likeness (QED) is 0.293. The normalized spacial score (nSPS) is 11.5. The summed E-state index contributed by atoms with van der Waals surface area (Å²) in [6.45, 7) is 0.326. The van der Waals surface area contributed by atoms with Gasteiger partial charge in [-0.3, -0.25) is 24.3 Å². The molecule has 4 aromatic rings. The van der Waals surface area contributed by atoms with Gasteiger partial charge in [0.05, 0.1) is 36.2 Å². The molecule has 0 saturated heterocycles. The number of aromatic nitrogens is 4. The van der Waals surface area contributed by atoms with Gasteiger partial charge < -0.3 is 5.32 Å². The van der Waals surface area contributed by atoms with E-state index in [0.29, 0.717) is 11.1 Å². The van der Waals surface area contributed by atoms with E-state index in [4.69, 9.17) is 0 Å². The van der Waals surface area contributed by atoms with Gasteiger partial charge >= 0.3 is 6.18 Å². The van der Waals surface area contributed by atoms with Gasteiger partial charge in [-0.15, -0.1) is 0 Å². The molecule has 2 aromatic heterocycles. The Kier molecular flexibility index (Phi) is 6.81. The monoisotopic (exact) mass is 500 g/mol. The molecule has 0 aliphatic carbocycles. The van der Waals surface area contributed by atoms with Gasteiger partial charge in [0.15, 0.2) is 5.65 Å². The van der Waals surface area contributed by atoms with Crippen LogP contribution in [0.25, 0.3) is 11.0 Å². The van der Waals surface area contributed by atoms with E-state index < -0.39 is 22.2 Å². The van der Waals surface area contributed by atoms with Crippen molar-refractivity contribution in [2.75, 3.05) is 6.54 Å². The highest BCUT2D eigenvalue weighted by atomic mass is 19.4. The van der Waals surface area contributed by atoms with Crippen LogP contribution in [0.1, 0.15) is 16.7 Å². The number of carbonyl (C=O) groups is 1. The van der Waals surface area contributed by atoms with Crippen LogP contribution in [-0.2, 0) is 30.5 Å². The van der Waals surface area contributed by atoms with Crippen molar-refractivity contribution in [3.05, 3.63) is 98.2 Å². The van der Waals surface area contributed by atoms with Crippen LogP contribution in [0.5, 0.6) is 0 Å². The number of rotatable bonds is 8. The summed E-state index contributed by atoms with van der Waals surface area (Å²) in [5.41, 5.74) is -0.116. The fraction of sp³-hybridized carbons (Fsp3) is 0.217. The van der Waals surface area contributed by atoms with Gasteiger partial charge in [-0.05, 0) is 23.3 Å². The smallest absolute Gasteiger partial charge is 0.354 e. The van der Waals surface area contributed by atoms with Gasteiger partial charge in [-0.1, -0.05) is 24.3 Å². The molecule has 2 aromatic carbocycles. The summed E-state index contributed by atoms with van der Waals surface area (Å²) in [6, 6.07) is 10.4. The molecule has 4 rings (SSSR count). The number of fused-ring (bicyclic) bond motifs is 1. The lowest BCUT2D eigenvalue weighted by molar-refractivity contribution is -0.384. The zero-order valence-corrected chi connectivity index (χ0v) is 18.6. The maximum absolute atomic E-state index is 13.0. The summed E-state index contributed by atoms with van der Waals surface area (Å²) in [5.74, 6) is -0.295. The number of amides is 1. The lowest BCUT2D eigenvalue weighted by atomic mass is 10.1. The molecule has 1 N–H and O–H groups in total. The van der Waals surface area contributed by atoms with Crippen LogP contribution >= 0.6 is 0 Å². The third-order valence-electron chi connectivity index (χ3n) is 5.39. The van der Waals surface area contributed by atoms with Crippen molar-refractivity contribution in [2.45, 2.75) is 25.7 Å². The van der Waals surface area contributed by atoms with Gasteiger partial charge in [-0.25, -0.2) is 9.67 Å². The summed E-state index contributed by atoms with van der Waals surface area (Å²) < 4.78 is 41.5. The number of benzene rings is 2. The number of nitrogens with zero attached hydrogens (tertiary/aromatic N) is 5. The first kappa shape index (κ1) is 24.6. The van der Waals surface area contributed by atoms with Crippen molar-refractivity contribution in [2.24, 2.45) is 0 Å². The number of hydrogen-bond acceptors (Lipinski definition) is 6. The van der Waals surface area contributed by atoms with Gasteiger partial charge in [0.2, 0.25) is 5.91 Å². The highest BCUT2D eigenvalue weighted by molar-refractivity contribution is 5.78. The van der Waals surface area contributed by atoms with Crippen molar-refractivity contribution in [1.82, 2.24) is 24.6 Å². The SMILES string of the molecule is O=C(Cc1ccc([N+](=O)[O-])cc1)NCCn1ncc2c(=O)n(Cc3cccc(C(F)(F)F)c3)cnc21. The van der Waals surface area contributed by atoms with E-state index in [1.807, 2.05) is 0 Å². The molecular formula is C23H19F3N6O4. The minimum absolute atomic E-state index is 0.0380. The number of carbonyl (C=O) groups excluding carboxylic acids is 1. The third-order valence-corrected chi connectivity index (χ3v) is 5.39. The molecule has 0 aliphatic rings. The molecule has 0 atom stereocenters. The van der Waals surface area contributed by atoms with Crippen molar-refractivity contribution in [3.8, 4) is 0 Å². The zero-order valence-electron chi connectivity index (χ0n) is 18.6. The number of nitro groups is 1. The Morgan fingerprint density at radius 2 is 1.86 bits per heavy atom. The van der Waals surface area contributed by atoms with E-state index >= 15 is 0 Å². The van der Waals surface area contributed by atoms with E-state index in [2.05, 4.69) is 15.4 Å². The van der Waals surface area contributed by atoms with E-state index in [-0.39, 0.29) is 48.7 Å². The standard InChI is InChI=1S/C23H19F3N6O4/c24-23(25,26)17-3-1-2-16(10-17)13-30-14-28-21-19(22(30)34)12-29-31(21)9-8-27-20(33)11-15-4-6-18(7-5-15)32(35)36/h1-7,10,12,14H,8-9,11,13H2,(H,27,33). The molecule has 0 spiro atoms. The van der Waals surface area contributed by atoms with E-state index in [0.717, 1.165) is 12.1 Å². The maximum Gasteiger partial charge on any atom is 0.416 e. The second kappa shape index (κ2) is 9.98. The van der Waals surface area contributed by atoms with Gasteiger partial charge in [-0.2, -0.15) is 18.3 Å². The minimum Gasteiger partial charge on any atom is -0.354 e. The average molecular weight is 500 g/mol. The molecular weight excluding hydrogens is 481 g/mol. The van der Waals surface area contributed by atoms with Crippen LogP contribution in [0.15, 0.2) is 65.8 Å². The molecule has 0 aliphatic heterocycles. The molecule has 0 radical (unpaired) electrons. The second-order valence-corrected chi connectivity index (χ2v) is 7.93. The Balaban J connectivity index is 1.39. The first-order valence-electron chi connectivity index (χ1n) is 10.7. The highest BCUT2D eigenvalue weighted by Crippen LogP contribution is 2.29. The molecule has 36 heavy (non-hydrogen) atoms. The van der Waals surface area contributed by atoms with Crippen LogP contribution in [-0.4, -0.2) is 36.7 Å². The average Bonchev–Trinajstić information content (AvgIpc) is 3.24. The Bertz CT molecular complexity index is 1480. The molecule has 0 unspecified atom stereocenters. The second-order valence-electron chi connectivity index (χ2n) is 7.93. The molecule has 0 bridgehead atoms. The van der Waals surface area contributed by atoms with Crippen molar-refractivity contribution in [1.29, 1.82) is 0 Å². The van der Waals surface area contributed by atoms with Crippen LogP contribution in [0, 0.1) is 10.1 Å². The van der Waals surface area contributed by atoms with E-state index in [1.54, 1.807) is 0 Å². The largest absolute Gasteiger partial charge is 0.416 e. The molecule has 1 amide bonds. The number of alkyl halides is 3. The predicted octanol–water partition coefficient (Wildman–Crippen LogP) is 2.93. The first-order chi connectivity index (χ1) is 17.1. The predicted molar refractivity (Wildman–Crippen MR) is 122 cm³/mol. The topological polar surface area (TPSA) is 125 Å². The third kappa shape index (κ3) is 5.56. The molecule has 0 fully saturated rings. The van der Waals surface area contributed by atoms with Gasteiger partial charge in [0, 0.05) is 18.7 Å². The number of halogens is 3. The fourth-order valence-corrected chi connectivity index (χ4v) is 3.60. The van der Waals surface area contributed by atoms with Crippen molar-refractivity contribution < 1.29 is 22.9 Å². The summed E-state index contributed by atoms with van der Waals surface area (Å²) in [5, 5.41) is 17.7. The molecule has 0 saturated carbocycles. The Morgan fingerprint density at radius 1 is 1.11 bits per heavy atom. The van der Waals surface area contributed by atoms with Crippen LogP contribution in [0.3, 0.4) is 0 Å². The molecule has 2 heterocycles. The van der Waals surface area contributed by atoms with Crippen molar-refractivity contribution >= 4 is 22.6 Å². The number of nitrogens with one attached hydrogen (secondary N) is 1. The van der Waals surface area contributed by atoms with E-state index in [1.165, 1.54) is 58.2 Å². The number of nitro benzene ring substituents is 1. The van der Waals surface area contributed by atoms with E-state index in [9.17, 15) is 32.9 Å². The number of non-ortho nitro benzene ring substituents is 1. The maximum atomic E-state index is 13.0. The highest BCUT2D eigenvalue weighted by Gasteiger charge is 2.30. The zero-order chi connectivity index (χ0) is 25.9. The summed E-state index contributed by atoms with van der Waals surface area (Å²) in [6.07, 6.45) is -1.87. The summed E-state index contributed by atoms with van der Waals surface area (Å²) in [4.78, 5) is 39.4. The van der Waals surface area contributed by atoms with Crippen LogP contribution in [0.2, 0.25) is 0 Å². The van der Waals surface area contributed by atoms with Gasteiger partial charge in [0.1, 0.15) is 11.7 Å². The molecule has 13 heteroatoms. The molecule has 10 nitrogen and oxygen atoms in total. The summed E-state index contributed by atoms with van der Waals surface area (Å²) in [7, 11) is 0. The number of hydrogen-bond donors (Lipinski definition) is 1. The lowest BCUT2D eigenvalue weighted by Crippen LogP contribution is -2.29. The fourth-order valence-electron chi connectivity index (χ4n) is 3.60. The van der Waals surface area contributed by atoms with Crippen LogP contribution in [0.4, 0.5) is 18.9 Å². The van der Waals surface area contributed by atoms with Crippen LogP contribution < -0.4 is 10.9 Å². The Hall–Kier alpha value is -4.55. The minimum atomic E-state index is -4.48. The molecule has 186 valence electrons. The summed E-state index contributed by atoms with van der Waals surface area (Å²) >= 11 is 0. The lowest BCUT2D eigenvalue weighted by Gasteiger charge is -2.10. The Labute approximate surface area is 201 Å². The first-order valence-corrected chi connectivity index (χ1v) is 10.7. The Morgan fingerprint density at radius 3 is 2.56 bits per heavy atom. The van der Waals surface area contributed by atoms with Gasteiger partial charge in [0.25, 0.3) is 11.2 Å². The van der Waals surface area contributed by atoms with Crippen molar-refractivity contribution in [3.63, 3.8) is 0 Å².